The Bertz CT molecular complexity index is 889. The molecule has 1 aromatic rings. The molecule has 0 spiro atoms. The maximum Gasteiger partial charge on any atom is 0.323 e. The van der Waals surface area contributed by atoms with Crippen molar-refractivity contribution < 1.29 is 19.4 Å². The van der Waals surface area contributed by atoms with Gasteiger partial charge in [-0.1, -0.05) is 30.1 Å². The molecule has 2 atom stereocenters. The minimum Gasteiger partial charge on any atom is -0.480 e. The van der Waals surface area contributed by atoms with Crippen LogP contribution in [0.2, 0.25) is 0 Å². The van der Waals surface area contributed by atoms with Gasteiger partial charge in [-0.2, -0.15) is 0 Å². The van der Waals surface area contributed by atoms with E-state index >= 15 is 0 Å². The molecular formula is C16H20N2O5S3. The average molecular weight is 417 g/mol. The summed E-state index contributed by atoms with van der Waals surface area (Å²) in [6.45, 7) is 5.89. The number of hydrogen-bond acceptors (Lipinski definition) is 7. The smallest absolute Gasteiger partial charge is 0.323 e. The minimum absolute atomic E-state index is 0.0741. The Kier molecular flexibility index (Phi) is 7.16. The highest BCUT2D eigenvalue weighted by molar-refractivity contribution is 8.24. The van der Waals surface area contributed by atoms with E-state index in [0.29, 0.717) is 22.3 Å². The first-order valence-corrected chi connectivity index (χ1v) is 10.2. The van der Waals surface area contributed by atoms with Gasteiger partial charge in [0.25, 0.3) is 5.56 Å². The molecule has 1 saturated heterocycles. The monoisotopic (exact) mass is 416 g/mol. The minimum atomic E-state index is -1.12. The zero-order chi connectivity index (χ0) is 19.4. The summed E-state index contributed by atoms with van der Waals surface area (Å²) in [4.78, 5) is 37.0. The fourth-order valence-electron chi connectivity index (χ4n) is 2.56. The van der Waals surface area contributed by atoms with Crippen LogP contribution in [0.15, 0.2) is 4.79 Å². The van der Waals surface area contributed by atoms with Crippen molar-refractivity contribution in [3.63, 3.8) is 0 Å². The highest BCUT2D eigenvalue weighted by Gasteiger charge is 2.42. The van der Waals surface area contributed by atoms with Crippen molar-refractivity contribution in [2.75, 3.05) is 13.2 Å². The summed E-state index contributed by atoms with van der Waals surface area (Å²) in [5.74, 6) is -1.51. The molecule has 0 bridgehead atoms. The second-order valence-corrected chi connectivity index (χ2v) is 8.19. The number of ether oxygens (including phenoxy) is 1. The van der Waals surface area contributed by atoms with Gasteiger partial charge in [0.2, 0.25) is 5.91 Å². The number of amides is 1. The second-order valence-electron chi connectivity index (χ2n) is 5.35. The predicted molar refractivity (Wildman–Crippen MR) is 107 cm³/mol. The molecule has 1 aliphatic heterocycles. The molecule has 1 aliphatic rings. The Balaban J connectivity index is 2.45. The van der Waals surface area contributed by atoms with Gasteiger partial charge in [-0.15, -0.1) is 11.3 Å². The first-order chi connectivity index (χ1) is 12.3. The molecule has 7 nitrogen and oxygen atoms in total. The predicted octanol–water partition coefficient (Wildman–Crippen LogP) is 0.229. The van der Waals surface area contributed by atoms with Gasteiger partial charge in [-0.05, 0) is 26.8 Å². The van der Waals surface area contributed by atoms with E-state index in [1.165, 1.54) is 11.3 Å². The zero-order valence-electron chi connectivity index (χ0n) is 14.6. The normalized spacial score (nSPS) is 20.3. The fraction of sp³-hybridized carbons (Fsp3) is 0.500. The lowest BCUT2D eigenvalue weighted by molar-refractivity contribution is -0.141. The third-order valence-corrected chi connectivity index (χ3v) is 6.58. The van der Waals surface area contributed by atoms with Crippen molar-refractivity contribution in [1.82, 2.24) is 9.47 Å². The van der Waals surface area contributed by atoms with Crippen LogP contribution in [0.3, 0.4) is 0 Å². The summed E-state index contributed by atoms with van der Waals surface area (Å²) in [7, 11) is 0. The second kappa shape index (κ2) is 8.94. The lowest BCUT2D eigenvalue weighted by Gasteiger charge is -2.18. The number of carbonyl (C=O) groups excluding carboxylic acids is 1. The number of thiocarbonyl (C=S) groups is 1. The molecule has 2 heterocycles. The summed E-state index contributed by atoms with van der Waals surface area (Å²) in [6, 6.07) is 0. The Morgan fingerprint density at radius 2 is 2.12 bits per heavy atom. The first-order valence-electron chi connectivity index (χ1n) is 8.07. The van der Waals surface area contributed by atoms with Crippen LogP contribution in [0, 0.1) is 0 Å². The molecule has 2 unspecified atom stereocenters. The van der Waals surface area contributed by atoms with Crippen LogP contribution in [0.25, 0.3) is 12.2 Å². The van der Waals surface area contributed by atoms with E-state index in [0.717, 1.165) is 16.7 Å². The van der Waals surface area contributed by atoms with Gasteiger partial charge in [0.15, 0.2) is 0 Å². The molecule has 1 amide bonds. The molecule has 0 aliphatic carbocycles. The van der Waals surface area contributed by atoms with Crippen molar-refractivity contribution >= 4 is 63.7 Å². The number of nitrogens with zero attached hydrogens (tertiary/aromatic N) is 2. The molecule has 0 aromatic carbocycles. The van der Waals surface area contributed by atoms with E-state index in [4.69, 9.17) is 22.1 Å². The molecular weight excluding hydrogens is 396 g/mol. The third kappa shape index (κ3) is 4.25. The van der Waals surface area contributed by atoms with Crippen LogP contribution < -0.4 is 14.8 Å². The molecule has 1 aromatic heterocycles. The first kappa shape index (κ1) is 20.8. The topological polar surface area (TPSA) is 88.8 Å². The Morgan fingerprint density at radius 3 is 2.65 bits per heavy atom. The number of rotatable bonds is 7. The van der Waals surface area contributed by atoms with Crippen LogP contribution in [-0.4, -0.2) is 55.3 Å². The summed E-state index contributed by atoms with van der Waals surface area (Å²) < 4.78 is 8.92. The summed E-state index contributed by atoms with van der Waals surface area (Å²) in [5, 5.41) is 8.29. The van der Waals surface area contributed by atoms with Gasteiger partial charge in [-0.25, -0.2) is 0 Å². The van der Waals surface area contributed by atoms with Crippen molar-refractivity contribution in [1.29, 1.82) is 0 Å². The van der Waals surface area contributed by atoms with Crippen molar-refractivity contribution in [3.05, 3.63) is 19.5 Å². The Labute approximate surface area is 163 Å². The Hall–Kier alpha value is -1.49. The summed E-state index contributed by atoms with van der Waals surface area (Å²) >= 11 is 7.61. The fourth-order valence-corrected chi connectivity index (χ4v) is 5.11. The quantitative estimate of drug-likeness (QED) is 0.637. The SMILES string of the molecule is C/C=c1/sc(=CC(OCC)C2SC(=S)N(CC(=O)O)C2=O)n(CC)c1=O. The van der Waals surface area contributed by atoms with Crippen LogP contribution >= 0.6 is 35.3 Å². The van der Waals surface area contributed by atoms with E-state index < -0.39 is 23.9 Å². The number of thiazole rings is 1. The maximum atomic E-state index is 12.6. The summed E-state index contributed by atoms with van der Waals surface area (Å²) in [6.07, 6.45) is 2.90. The molecule has 1 fully saturated rings. The summed E-state index contributed by atoms with van der Waals surface area (Å²) in [5.41, 5.74) is -0.0741. The highest BCUT2D eigenvalue weighted by atomic mass is 32.2. The van der Waals surface area contributed by atoms with Crippen LogP contribution in [0.5, 0.6) is 0 Å². The van der Waals surface area contributed by atoms with Gasteiger partial charge in [0.1, 0.15) is 16.1 Å². The van der Waals surface area contributed by atoms with E-state index in [9.17, 15) is 14.4 Å². The van der Waals surface area contributed by atoms with E-state index in [2.05, 4.69) is 0 Å². The molecule has 142 valence electrons. The number of aromatic nitrogens is 1. The van der Waals surface area contributed by atoms with Gasteiger partial charge < -0.3 is 9.84 Å². The average Bonchev–Trinajstić information content (AvgIpc) is 3.04. The number of carboxylic acids is 1. The van der Waals surface area contributed by atoms with E-state index in [-0.39, 0.29) is 15.8 Å². The lowest BCUT2D eigenvalue weighted by atomic mass is 10.2. The molecule has 0 saturated carbocycles. The molecule has 0 radical (unpaired) electrons. The van der Waals surface area contributed by atoms with Crippen molar-refractivity contribution in [2.45, 2.75) is 38.7 Å². The zero-order valence-corrected chi connectivity index (χ0v) is 17.1. The molecule has 2 rings (SSSR count). The van der Waals surface area contributed by atoms with Crippen LogP contribution in [0.4, 0.5) is 0 Å². The largest absolute Gasteiger partial charge is 0.480 e. The number of carboxylic acid groups (broad SMARTS) is 1. The molecule has 26 heavy (non-hydrogen) atoms. The standard InChI is InChI=1S/C16H20N2O5S3/c1-4-10-14(21)17(5-2)11(25-10)7-9(23-6-3)13-15(22)18(8-12(19)20)16(24)26-13/h4,7,9,13H,5-6,8H2,1-3H3,(H,19,20)/b10-4+,11-7?. The van der Waals surface area contributed by atoms with Gasteiger partial charge in [0.05, 0.1) is 15.3 Å². The van der Waals surface area contributed by atoms with E-state index in [1.54, 1.807) is 23.6 Å². The van der Waals surface area contributed by atoms with Crippen LogP contribution in [0.1, 0.15) is 20.8 Å². The van der Waals surface area contributed by atoms with Crippen molar-refractivity contribution in [2.24, 2.45) is 0 Å². The third-order valence-electron chi connectivity index (χ3n) is 3.73. The number of aliphatic carboxylic acids is 1. The molecule has 1 N–H and O–H groups in total. The van der Waals surface area contributed by atoms with Crippen molar-refractivity contribution in [3.8, 4) is 0 Å². The lowest BCUT2D eigenvalue weighted by Crippen LogP contribution is -2.40. The Morgan fingerprint density at radius 1 is 1.42 bits per heavy atom. The number of carbonyl (C=O) groups is 2. The number of hydrogen-bond donors (Lipinski definition) is 1. The number of thioether (sulfide) groups is 1. The van der Waals surface area contributed by atoms with Gasteiger partial charge >= 0.3 is 5.97 Å². The maximum absolute atomic E-state index is 12.6. The van der Waals surface area contributed by atoms with Gasteiger partial charge in [0, 0.05) is 13.2 Å². The molecule has 10 heteroatoms. The highest BCUT2D eigenvalue weighted by Crippen LogP contribution is 2.31. The van der Waals surface area contributed by atoms with Crippen LogP contribution in [-0.2, 0) is 20.9 Å². The van der Waals surface area contributed by atoms with Gasteiger partial charge in [-0.3, -0.25) is 23.9 Å². The van der Waals surface area contributed by atoms with E-state index in [1.807, 2.05) is 13.8 Å².